The Hall–Kier alpha value is -2.62. The summed E-state index contributed by atoms with van der Waals surface area (Å²) in [5.74, 6) is -0.193. The number of hydrogen-bond donors (Lipinski definition) is 2. The van der Waals surface area contributed by atoms with Crippen LogP contribution in [0.25, 0.3) is 0 Å². The molecule has 2 aromatic rings. The molecule has 0 saturated carbocycles. The van der Waals surface area contributed by atoms with Crippen molar-refractivity contribution in [2.45, 2.75) is 13.8 Å². The molecule has 0 spiro atoms. The molecular weight excluding hydrogens is 276 g/mol. The smallest absolute Gasteiger partial charge is 0.196 e. The van der Waals surface area contributed by atoms with Crippen molar-refractivity contribution < 1.29 is 9.59 Å². The summed E-state index contributed by atoms with van der Waals surface area (Å²) in [4.78, 5) is 25.8. The van der Waals surface area contributed by atoms with Gasteiger partial charge in [-0.1, -0.05) is 24.3 Å². The summed E-state index contributed by atoms with van der Waals surface area (Å²) in [6, 6.07) is 10.7. The maximum absolute atomic E-state index is 12.9. The number of rotatable bonds is 4. The number of nitrogens with one attached hydrogen (secondary N) is 2. The molecule has 0 aromatic heterocycles. The third kappa shape index (κ3) is 2.08. The molecule has 2 N–H and O–H groups in total. The van der Waals surface area contributed by atoms with Crippen LogP contribution in [-0.2, 0) is 0 Å². The van der Waals surface area contributed by atoms with Crippen molar-refractivity contribution in [3.05, 3.63) is 58.7 Å². The highest BCUT2D eigenvalue weighted by molar-refractivity contribution is 6.31. The lowest BCUT2D eigenvalue weighted by Crippen LogP contribution is -2.24. The molecule has 0 heterocycles. The van der Waals surface area contributed by atoms with Crippen molar-refractivity contribution in [1.29, 1.82) is 0 Å². The molecule has 3 rings (SSSR count). The summed E-state index contributed by atoms with van der Waals surface area (Å²) in [6.07, 6.45) is 0. The van der Waals surface area contributed by atoms with E-state index < -0.39 is 0 Å². The Kier molecular flexibility index (Phi) is 3.67. The zero-order valence-electron chi connectivity index (χ0n) is 12.7. The first kappa shape index (κ1) is 14.3. The van der Waals surface area contributed by atoms with E-state index in [4.69, 9.17) is 0 Å². The van der Waals surface area contributed by atoms with Crippen LogP contribution in [0.15, 0.2) is 36.4 Å². The maximum Gasteiger partial charge on any atom is 0.196 e. The molecular formula is C18H18N2O2. The van der Waals surface area contributed by atoms with E-state index in [2.05, 4.69) is 10.6 Å². The molecule has 0 aliphatic heterocycles. The lowest BCUT2D eigenvalue weighted by Gasteiger charge is -2.22. The van der Waals surface area contributed by atoms with Crippen LogP contribution < -0.4 is 10.6 Å². The van der Waals surface area contributed by atoms with Crippen LogP contribution in [-0.4, -0.2) is 24.7 Å². The van der Waals surface area contributed by atoms with Gasteiger partial charge in [-0.15, -0.1) is 0 Å². The van der Waals surface area contributed by atoms with Crippen LogP contribution in [0.3, 0.4) is 0 Å². The van der Waals surface area contributed by atoms with Crippen LogP contribution in [0.2, 0.25) is 0 Å². The SMILES string of the molecule is CCNc1cccc2c1C(=O)c1cccc(NCC)c1C2=O. The van der Waals surface area contributed by atoms with Gasteiger partial charge in [0.1, 0.15) is 0 Å². The maximum atomic E-state index is 12.9. The molecule has 0 amide bonds. The molecule has 4 nitrogen and oxygen atoms in total. The summed E-state index contributed by atoms with van der Waals surface area (Å²) in [5, 5.41) is 6.34. The molecule has 0 saturated heterocycles. The van der Waals surface area contributed by atoms with Crippen LogP contribution >= 0.6 is 0 Å². The van der Waals surface area contributed by atoms with E-state index in [1.165, 1.54) is 0 Å². The predicted molar refractivity (Wildman–Crippen MR) is 88.1 cm³/mol. The molecule has 0 bridgehead atoms. The lowest BCUT2D eigenvalue weighted by molar-refractivity contribution is 0.0980. The van der Waals surface area contributed by atoms with Gasteiger partial charge in [0.25, 0.3) is 0 Å². The average Bonchev–Trinajstić information content (AvgIpc) is 2.53. The third-order valence-corrected chi connectivity index (χ3v) is 3.81. The number of anilines is 2. The van der Waals surface area contributed by atoms with Crippen LogP contribution in [0.4, 0.5) is 11.4 Å². The normalized spacial score (nSPS) is 12.6. The Morgan fingerprint density at radius 3 is 1.50 bits per heavy atom. The standard InChI is InChI=1S/C18H18N2O2/c1-3-19-13-9-5-7-11-15(13)17(21)12-8-6-10-14(20-4-2)16(12)18(11)22/h5-10,19-20H,3-4H2,1-2H3. The Morgan fingerprint density at radius 2 is 1.14 bits per heavy atom. The monoisotopic (exact) mass is 294 g/mol. The van der Waals surface area contributed by atoms with Gasteiger partial charge in [-0.25, -0.2) is 0 Å². The zero-order chi connectivity index (χ0) is 15.7. The number of carbonyl (C=O) groups is 2. The molecule has 0 fully saturated rings. The van der Waals surface area contributed by atoms with Crippen molar-refractivity contribution in [1.82, 2.24) is 0 Å². The van der Waals surface area contributed by atoms with Gasteiger partial charge in [0.2, 0.25) is 0 Å². The number of hydrogen-bond acceptors (Lipinski definition) is 4. The fraction of sp³-hybridized carbons (Fsp3) is 0.222. The minimum Gasteiger partial charge on any atom is -0.385 e. The minimum atomic E-state index is -0.0964. The van der Waals surface area contributed by atoms with Crippen LogP contribution in [0.5, 0.6) is 0 Å². The molecule has 0 unspecified atom stereocenters. The molecule has 2 aromatic carbocycles. The lowest BCUT2D eigenvalue weighted by atomic mass is 9.82. The molecule has 0 radical (unpaired) electrons. The van der Waals surface area contributed by atoms with Crippen molar-refractivity contribution in [3.8, 4) is 0 Å². The minimum absolute atomic E-state index is 0.0964. The highest BCUT2D eigenvalue weighted by Gasteiger charge is 2.33. The van der Waals surface area contributed by atoms with Gasteiger partial charge in [0, 0.05) is 35.6 Å². The second kappa shape index (κ2) is 5.64. The van der Waals surface area contributed by atoms with E-state index >= 15 is 0 Å². The van der Waals surface area contributed by atoms with Gasteiger partial charge in [-0.05, 0) is 26.0 Å². The van der Waals surface area contributed by atoms with Gasteiger partial charge in [-0.3, -0.25) is 9.59 Å². The van der Waals surface area contributed by atoms with Crippen molar-refractivity contribution in [2.75, 3.05) is 23.7 Å². The van der Waals surface area contributed by atoms with E-state index in [9.17, 15) is 9.59 Å². The highest BCUT2D eigenvalue weighted by Crippen LogP contribution is 2.35. The van der Waals surface area contributed by atoms with E-state index in [0.29, 0.717) is 35.3 Å². The first-order valence-electron chi connectivity index (χ1n) is 7.52. The summed E-state index contributed by atoms with van der Waals surface area (Å²) < 4.78 is 0. The fourth-order valence-corrected chi connectivity index (χ4v) is 2.92. The Bertz CT molecular complexity index is 700. The second-order valence-electron chi connectivity index (χ2n) is 5.18. The Labute approximate surface area is 129 Å². The van der Waals surface area contributed by atoms with E-state index in [1.807, 2.05) is 38.1 Å². The van der Waals surface area contributed by atoms with Gasteiger partial charge >= 0.3 is 0 Å². The van der Waals surface area contributed by atoms with Crippen LogP contribution in [0.1, 0.15) is 45.7 Å². The fourth-order valence-electron chi connectivity index (χ4n) is 2.92. The second-order valence-corrected chi connectivity index (χ2v) is 5.18. The summed E-state index contributed by atoms with van der Waals surface area (Å²) in [6.45, 7) is 5.32. The van der Waals surface area contributed by atoms with Gasteiger partial charge in [0.05, 0.1) is 11.1 Å². The summed E-state index contributed by atoms with van der Waals surface area (Å²) in [5.41, 5.74) is 3.35. The molecule has 0 atom stereocenters. The first-order valence-corrected chi connectivity index (χ1v) is 7.52. The topological polar surface area (TPSA) is 58.2 Å². The quantitative estimate of drug-likeness (QED) is 0.775. The third-order valence-electron chi connectivity index (χ3n) is 3.81. The predicted octanol–water partition coefficient (Wildman–Crippen LogP) is 3.33. The zero-order valence-corrected chi connectivity index (χ0v) is 12.7. The summed E-state index contributed by atoms with van der Waals surface area (Å²) in [7, 11) is 0. The molecule has 1 aliphatic carbocycles. The van der Waals surface area contributed by atoms with Gasteiger partial charge in [0.15, 0.2) is 11.6 Å². The van der Waals surface area contributed by atoms with E-state index in [0.717, 1.165) is 11.4 Å². The van der Waals surface area contributed by atoms with Crippen LogP contribution in [0, 0.1) is 0 Å². The number of benzene rings is 2. The van der Waals surface area contributed by atoms with Crippen molar-refractivity contribution in [3.63, 3.8) is 0 Å². The highest BCUT2D eigenvalue weighted by atomic mass is 16.1. The van der Waals surface area contributed by atoms with E-state index in [-0.39, 0.29) is 11.6 Å². The Morgan fingerprint density at radius 1 is 0.727 bits per heavy atom. The number of fused-ring (bicyclic) bond motifs is 2. The van der Waals surface area contributed by atoms with Gasteiger partial charge < -0.3 is 10.6 Å². The van der Waals surface area contributed by atoms with Crippen molar-refractivity contribution in [2.24, 2.45) is 0 Å². The number of carbonyl (C=O) groups excluding carboxylic acids is 2. The first-order chi connectivity index (χ1) is 10.7. The Balaban J connectivity index is 2.23. The molecule has 4 heteroatoms. The largest absolute Gasteiger partial charge is 0.385 e. The summed E-state index contributed by atoms with van der Waals surface area (Å²) >= 11 is 0. The molecule has 22 heavy (non-hydrogen) atoms. The molecule has 1 aliphatic rings. The van der Waals surface area contributed by atoms with Crippen molar-refractivity contribution >= 4 is 22.9 Å². The molecule has 112 valence electrons. The number of ketones is 2. The average molecular weight is 294 g/mol. The van der Waals surface area contributed by atoms with Gasteiger partial charge in [-0.2, -0.15) is 0 Å². The van der Waals surface area contributed by atoms with E-state index in [1.54, 1.807) is 12.1 Å².